The molecular weight excluding hydrogens is 354 g/mol. The summed E-state index contributed by atoms with van der Waals surface area (Å²) in [5.74, 6) is 1.88. The summed E-state index contributed by atoms with van der Waals surface area (Å²) in [6, 6.07) is 1.27. The first-order valence-electron chi connectivity index (χ1n) is 8.59. The Labute approximate surface area is 155 Å². The molecule has 1 fully saturated rings. The van der Waals surface area contributed by atoms with Crippen molar-refractivity contribution < 1.29 is 14.3 Å². The lowest BCUT2D eigenvalue weighted by Crippen LogP contribution is -2.38. The Morgan fingerprint density at radius 2 is 2.15 bits per heavy atom. The van der Waals surface area contributed by atoms with Crippen LogP contribution in [0.3, 0.4) is 0 Å². The van der Waals surface area contributed by atoms with Crippen LogP contribution in [-0.2, 0) is 16.8 Å². The molecule has 0 radical (unpaired) electrons. The van der Waals surface area contributed by atoms with E-state index in [-0.39, 0.29) is 23.8 Å². The van der Waals surface area contributed by atoms with Gasteiger partial charge < -0.3 is 14.8 Å². The standard InChI is InChI=1S/C18H23N3O4S/c1-11-7-14(22)16(24)17(25-11)18(3-5-26-6-4-18)8-15(23)19-9-13-10-20-21-12(13)2/h7,10,24H,3-6,8-9H2,1-2H3,(H,19,23)(H,20,21). The van der Waals surface area contributed by atoms with E-state index < -0.39 is 10.8 Å². The van der Waals surface area contributed by atoms with Crippen LogP contribution in [0.2, 0.25) is 0 Å². The molecule has 0 bridgehead atoms. The number of hydrogen-bond acceptors (Lipinski definition) is 6. The maximum absolute atomic E-state index is 12.6. The highest BCUT2D eigenvalue weighted by atomic mass is 32.2. The van der Waals surface area contributed by atoms with Crippen molar-refractivity contribution >= 4 is 17.7 Å². The van der Waals surface area contributed by atoms with E-state index in [1.807, 2.05) is 6.92 Å². The minimum Gasteiger partial charge on any atom is -0.502 e. The van der Waals surface area contributed by atoms with E-state index in [2.05, 4.69) is 15.5 Å². The summed E-state index contributed by atoms with van der Waals surface area (Å²) in [6.45, 7) is 3.96. The molecule has 0 atom stereocenters. The second kappa shape index (κ2) is 7.57. The lowest BCUT2D eigenvalue weighted by atomic mass is 9.75. The molecule has 2 aromatic rings. The summed E-state index contributed by atoms with van der Waals surface area (Å²) >= 11 is 1.80. The first-order chi connectivity index (χ1) is 12.4. The molecule has 8 heteroatoms. The fraction of sp³-hybridized carbons (Fsp3) is 0.500. The van der Waals surface area contributed by atoms with Crippen molar-refractivity contribution in [2.75, 3.05) is 11.5 Å². The third-order valence-corrected chi connectivity index (χ3v) is 5.87. The molecule has 1 aliphatic rings. The molecule has 1 aliphatic heterocycles. The molecule has 1 amide bonds. The van der Waals surface area contributed by atoms with Crippen molar-refractivity contribution in [1.82, 2.24) is 15.5 Å². The Bertz CT molecular complexity index is 852. The molecule has 3 rings (SSSR count). The van der Waals surface area contributed by atoms with Gasteiger partial charge in [-0.2, -0.15) is 16.9 Å². The number of carbonyl (C=O) groups is 1. The van der Waals surface area contributed by atoms with E-state index in [1.54, 1.807) is 24.9 Å². The van der Waals surface area contributed by atoms with Gasteiger partial charge in [0.1, 0.15) is 5.76 Å². The van der Waals surface area contributed by atoms with Crippen molar-refractivity contribution in [1.29, 1.82) is 0 Å². The number of nitrogens with zero attached hydrogens (tertiary/aromatic N) is 1. The number of rotatable bonds is 5. The van der Waals surface area contributed by atoms with Gasteiger partial charge in [0.15, 0.2) is 5.76 Å². The maximum atomic E-state index is 12.6. The van der Waals surface area contributed by atoms with Crippen molar-refractivity contribution in [2.24, 2.45) is 0 Å². The fourth-order valence-corrected chi connectivity index (χ4v) is 4.60. The number of hydrogen-bond donors (Lipinski definition) is 3. The van der Waals surface area contributed by atoms with Crippen LogP contribution in [0.25, 0.3) is 0 Å². The number of thioether (sulfide) groups is 1. The number of aromatic hydroxyl groups is 1. The summed E-state index contributed by atoms with van der Waals surface area (Å²) < 4.78 is 5.75. The molecule has 140 valence electrons. The van der Waals surface area contributed by atoms with Gasteiger partial charge >= 0.3 is 0 Å². The maximum Gasteiger partial charge on any atom is 0.227 e. The summed E-state index contributed by atoms with van der Waals surface area (Å²) in [4.78, 5) is 24.7. The van der Waals surface area contributed by atoms with Crippen molar-refractivity contribution in [3.8, 4) is 5.75 Å². The molecule has 1 saturated heterocycles. The molecule has 3 heterocycles. The van der Waals surface area contributed by atoms with Gasteiger partial charge in [-0.25, -0.2) is 0 Å². The zero-order valence-electron chi connectivity index (χ0n) is 14.9. The predicted molar refractivity (Wildman–Crippen MR) is 99.4 cm³/mol. The van der Waals surface area contributed by atoms with Crippen molar-refractivity contribution in [3.05, 3.63) is 45.3 Å². The molecule has 2 aromatic heterocycles. The number of carbonyl (C=O) groups excluding carboxylic acids is 1. The Morgan fingerprint density at radius 1 is 1.42 bits per heavy atom. The van der Waals surface area contributed by atoms with E-state index in [1.165, 1.54) is 6.07 Å². The van der Waals surface area contributed by atoms with Gasteiger partial charge in [0.05, 0.1) is 6.20 Å². The second-order valence-electron chi connectivity index (χ2n) is 6.77. The normalized spacial score (nSPS) is 16.4. The van der Waals surface area contributed by atoms with Gasteiger partial charge in [-0.3, -0.25) is 14.7 Å². The monoisotopic (exact) mass is 377 g/mol. The number of amides is 1. The molecule has 3 N–H and O–H groups in total. The first-order valence-corrected chi connectivity index (χ1v) is 9.74. The van der Waals surface area contributed by atoms with Crippen molar-refractivity contribution in [3.63, 3.8) is 0 Å². The zero-order valence-corrected chi connectivity index (χ0v) is 15.7. The smallest absolute Gasteiger partial charge is 0.227 e. The van der Waals surface area contributed by atoms with Crippen molar-refractivity contribution in [2.45, 2.75) is 45.1 Å². The van der Waals surface area contributed by atoms with Gasteiger partial charge in [-0.1, -0.05) is 0 Å². The molecule has 0 spiro atoms. The van der Waals surface area contributed by atoms with Gasteiger partial charge in [0.25, 0.3) is 0 Å². The lowest BCUT2D eigenvalue weighted by Gasteiger charge is -2.35. The average molecular weight is 377 g/mol. The molecule has 26 heavy (non-hydrogen) atoms. The number of H-pyrrole nitrogens is 1. The minimum atomic E-state index is -0.657. The summed E-state index contributed by atoms with van der Waals surface area (Å²) in [5, 5.41) is 20.0. The van der Waals surface area contributed by atoms with E-state index >= 15 is 0 Å². The van der Waals surface area contributed by atoms with Gasteiger partial charge in [0.2, 0.25) is 17.1 Å². The predicted octanol–water partition coefficient (Wildman–Crippen LogP) is 2.16. The molecule has 0 unspecified atom stereocenters. The quantitative estimate of drug-likeness (QED) is 0.737. The third-order valence-electron chi connectivity index (χ3n) is 4.89. The molecule has 7 nitrogen and oxygen atoms in total. The van der Waals surface area contributed by atoms with Crippen LogP contribution in [-0.4, -0.2) is 32.7 Å². The Hall–Kier alpha value is -2.22. The molecule has 0 saturated carbocycles. The summed E-state index contributed by atoms with van der Waals surface area (Å²) in [6.07, 6.45) is 3.21. The molecule has 0 aromatic carbocycles. The van der Waals surface area contributed by atoms with Crippen LogP contribution in [0.5, 0.6) is 5.75 Å². The first kappa shape index (κ1) is 18.6. The molecule has 0 aliphatic carbocycles. The highest BCUT2D eigenvalue weighted by molar-refractivity contribution is 7.99. The minimum absolute atomic E-state index is 0.138. The van der Waals surface area contributed by atoms with E-state index in [4.69, 9.17) is 4.42 Å². The van der Waals surface area contributed by atoms with Gasteiger partial charge in [-0.15, -0.1) is 0 Å². The van der Waals surface area contributed by atoms with Crippen LogP contribution in [0.1, 0.15) is 42.0 Å². The third kappa shape index (κ3) is 3.80. The summed E-state index contributed by atoms with van der Waals surface area (Å²) in [7, 11) is 0. The van der Waals surface area contributed by atoms with Crippen LogP contribution in [0.15, 0.2) is 21.5 Å². The van der Waals surface area contributed by atoms with Crippen LogP contribution >= 0.6 is 11.8 Å². The Kier molecular flexibility index (Phi) is 5.41. The average Bonchev–Trinajstić information content (AvgIpc) is 3.02. The van der Waals surface area contributed by atoms with Gasteiger partial charge in [-0.05, 0) is 38.2 Å². The van der Waals surface area contributed by atoms with Crippen LogP contribution in [0.4, 0.5) is 0 Å². The lowest BCUT2D eigenvalue weighted by molar-refractivity contribution is -0.122. The van der Waals surface area contributed by atoms with E-state index in [9.17, 15) is 14.7 Å². The Morgan fingerprint density at radius 3 is 2.81 bits per heavy atom. The SMILES string of the molecule is Cc1cc(=O)c(O)c(C2(CC(=O)NCc3cn[nH]c3C)CCSCC2)o1. The Balaban J connectivity index is 1.83. The molecular formula is C18H23N3O4S. The van der Waals surface area contributed by atoms with E-state index in [0.717, 1.165) is 22.8 Å². The van der Waals surface area contributed by atoms with Crippen LogP contribution < -0.4 is 10.7 Å². The number of aromatic amines is 1. The van der Waals surface area contributed by atoms with E-state index in [0.29, 0.717) is 25.1 Å². The highest BCUT2D eigenvalue weighted by Crippen LogP contribution is 2.43. The highest BCUT2D eigenvalue weighted by Gasteiger charge is 2.41. The number of aryl methyl sites for hydroxylation is 2. The van der Waals surface area contributed by atoms with Gasteiger partial charge in [0, 0.05) is 35.7 Å². The zero-order chi connectivity index (χ0) is 18.7. The topological polar surface area (TPSA) is 108 Å². The number of aromatic nitrogens is 2. The fourth-order valence-electron chi connectivity index (χ4n) is 3.33. The summed E-state index contributed by atoms with van der Waals surface area (Å²) in [5.41, 5.74) is 0.722. The second-order valence-corrected chi connectivity index (χ2v) is 7.99. The van der Waals surface area contributed by atoms with Crippen LogP contribution in [0, 0.1) is 13.8 Å². The largest absolute Gasteiger partial charge is 0.502 e. The number of nitrogens with one attached hydrogen (secondary N) is 2.